The number of pyridine rings is 1. The van der Waals surface area contributed by atoms with Crippen LogP contribution in [-0.4, -0.2) is 84.4 Å². The Morgan fingerprint density at radius 1 is 0.823 bits per heavy atom. The molecule has 2 aliphatic heterocycles. The molecule has 0 radical (unpaired) electrons. The summed E-state index contributed by atoms with van der Waals surface area (Å²) in [5, 5.41) is 6.10. The smallest absolute Gasteiger partial charge is 0.264 e. The number of carbonyl (C=O) groups is 4. The van der Waals surface area contributed by atoms with E-state index in [1.807, 2.05) is 30.3 Å². The average molecular weight is 868 g/mol. The number of anilines is 1. The monoisotopic (exact) mass is 867 g/mol. The zero-order valence-electron chi connectivity index (χ0n) is 36.8. The Kier molecular flexibility index (Phi) is 14.8. The van der Waals surface area contributed by atoms with E-state index in [-0.39, 0.29) is 34.9 Å². The largest absolute Gasteiger partial charge is 0.493 e. The lowest BCUT2D eigenvalue weighted by molar-refractivity contribution is -0.136. The Balaban J connectivity index is 1.09. The van der Waals surface area contributed by atoms with Gasteiger partial charge in [-0.3, -0.25) is 34.3 Å². The van der Waals surface area contributed by atoms with Gasteiger partial charge in [-0.05, 0) is 105 Å². The number of methoxy groups -OCH3 is 3. The maximum absolute atomic E-state index is 13.6. The fourth-order valence-electron chi connectivity index (χ4n) is 8.18. The molecule has 1 unspecified atom stereocenters. The molecule has 6 rings (SSSR count). The molecule has 1 atom stereocenters. The van der Waals surface area contributed by atoms with Gasteiger partial charge in [-0.2, -0.15) is 0 Å². The molecule has 62 heavy (non-hydrogen) atoms. The second-order valence-corrected chi connectivity index (χ2v) is 17.7. The number of hydrogen-bond acceptors (Lipinski definition) is 11. The third-order valence-corrected chi connectivity index (χ3v) is 12.2. The third kappa shape index (κ3) is 11.0. The van der Waals surface area contributed by atoms with E-state index < -0.39 is 29.7 Å². The summed E-state index contributed by atoms with van der Waals surface area (Å²) in [5.41, 5.74) is 4.03. The van der Waals surface area contributed by atoms with Crippen LogP contribution in [0.5, 0.6) is 23.0 Å². The van der Waals surface area contributed by atoms with Gasteiger partial charge in [-0.25, -0.2) is 4.98 Å². The van der Waals surface area contributed by atoms with Crippen molar-refractivity contribution in [3.63, 3.8) is 0 Å². The minimum absolute atomic E-state index is 0.0324. The summed E-state index contributed by atoms with van der Waals surface area (Å²) in [6.07, 6.45) is 6.41. The van der Waals surface area contributed by atoms with Crippen LogP contribution >= 0.6 is 11.6 Å². The minimum atomic E-state index is -1.01. The van der Waals surface area contributed by atoms with Gasteiger partial charge >= 0.3 is 0 Å². The Morgan fingerprint density at radius 3 is 2.23 bits per heavy atom. The predicted octanol–water partition coefficient (Wildman–Crippen LogP) is 8.26. The Labute approximate surface area is 369 Å². The van der Waals surface area contributed by atoms with Crippen LogP contribution in [0.1, 0.15) is 104 Å². The van der Waals surface area contributed by atoms with Gasteiger partial charge in [0, 0.05) is 49.0 Å². The first-order valence-corrected chi connectivity index (χ1v) is 21.5. The van der Waals surface area contributed by atoms with E-state index >= 15 is 0 Å². The van der Waals surface area contributed by atoms with E-state index in [1.165, 1.54) is 0 Å². The summed E-state index contributed by atoms with van der Waals surface area (Å²) in [6.45, 7) is 11.5. The zero-order chi connectivity index (χ0) is 44.6. The number of fused-ring (bicyclic) bond motifs is 1. The lowest BCUT2D eigenvalue weighted by Gasteiger charge is -2.40. The van der Waals surface area contributed by atoms with Crippen molar-refractivity contribution in [1.82, 2.24) is 20.1 Å². The first-order valence-electron chi connectivity index (χ1n) is 21.1. The van der Waals surface area contributed by atoms with Gasteiger partial charge in [0.15, 0.2) is 23.0 Å². The predicted molar refractivity (Wildman–Crippen MR) is 238 cm³/mol. The molecule has 13 nitrogen and oxygen atoms in total. The van der Waals surface area contributed by atoms with Crippen LogP contribution in [0.15, 0.2) is 72.9 Å². The number of aromatic nitrogens is 1. The number of nitrogens with zero attached hydrogens (tertiary/aromatic N) is 3. The summed E-state index contributed by atoms with van der Waals surface area (Å²) < 4.78 is 23.0. The minimum Gasteiger partial charge on any atom is -0.493 e. The molecule has 4 aromatic rings. The topological polar surface area (TPSA) is 149 Å². The summed E-state index contributed by atoms with van der Waals surface area (Å²) in [4.78, 5) is 58.9. The zero-order valence-corrected chi connectivity index (χ0v) is 37.5. The maximum Gasteiger partial charge on any atom is 0.264 e. The summed E-state index contributed by atoms with van der Waals surface area (Å²) >= 11 is 5.96. The van der Waals surface area contributed by atoms with Gasteiger partial charge < -0.3 is 24.3 Å². The van der Waals surface area contributed by atoms with E-state index in [0.717, 1.165) is 60.2 Å². The molecule has 1 fully saturated rings. The highest BCUT2D eigenvalue weighted by atomic mass is 35.5. The van der Waals surface area contributed by atoms with Crippen LogP contribution in [-0.2, 0) is 29.2 Å². The number of rotatable bonds is 21. The summed E-state index contributed by atoms with van der Waals surface area (Å²) in [7, 11) is 4.94. The molecular weight excluding hydrogens is 810 g/mol. The third-order valence-electron chi connectivity index (χ3n) is 12.0. The highest BCUT2D eigenvalue weighted by molar-refractivity contribution is 6.29. The summed E-state index contributed by atoms with van der Waals surface area (Å²) in [6, 6.07) is 19.9. The number of carbonyl (C=O) groups excluding carboxylic acids is 4. The van der Waals surface area contributed by atoms with E-state index in [1.54, 1.807) is 51.8 Å². The fraction of sp³-hybridized carbons (Fsp3) is 0.438. The van der Waals surface area contributed by atoms with Crippen molar-refractivity contribution in [3.05, 3.63) is 106 Å². The second kappa shape index (κ2) is 20.0. The highest BCUT2D eigenvalue weighted by Gasteiger charge is 2.45. The number of nitrogens with one attached hydrogen (secondary N) is 2. The molecule has 0 spiro atoms. The normalized spacial score (nSPS) is 15.4. The number of piperidine rings is 1. The molecule has 3 aromatic carbocycles. The summed E-state index contributed by atoms with van der Waals surface area (Å²) in [5.74, 6) is 0.630. The van der Waals surface area contributed by atoms with E-state index in [0.29, 0.717) is 53.5 Å². The van der Waals surface area contributed by atoms with Gasteiger partial charge in [0.1, 0.15) is 17.8 Å². The number of amides is 4. The number of hydrogen-bond donors (Lipinski definition) is 2. The van der Waals surface area contributed by atoms with Gasteiger partial charge in [0.2, 0.25) is 11.8 Å². The van der Waals surface area contributed by atoms with Crippen molar-refractivity contribution in [3.8, 4) is 23.0 Å². The van der Waals surface area contributed by atoms with Crippen molar-refractivity contribution in [2.75, 3.05) is 39.7 Å². The van der Waals surface area contributed by atoms with Gasteiger partial charge in [-0.1, -0.05) is 56.1 Å². The fourth-order valence-corrected chi connectivity index (χ4v) is 8.29. The molecule has 2 aliphatic rings. The number of imide groups is 2. The molecule has 14 heteroatoms. The SMILES string of the molecule is COc1ccc(CCN(Cc2ccc(OCc3ccc(Cl)nc3)c(OC)c2)C(C)(C)CCCC(C)(C)CCNc2cccc3c2C(=O)N(C2CCC(=O)NC2=O)C3=O)cc1OC. The first kappa shape index (κ1) is 45.9. The first-order chi connectivity index (χ1) is 29.6. The van der Waals surface area contributed by atoms with Crippen LogP contribution in [0, 0.1) is 5.41 Å². The molecule has 3 heterocycles. The molecule has 4 amide bonds. The van der Waals surface area contributed by atoms with Crippen LogP contribution < -0.4 is 29.6 Å². The standard InChI is InChI=1S/C48H58ClN5O8/c1-47(2,23-24-50-35-11-8-10-34-43(35)46(58)54(45(34)57)36-15-19-42(55)52-44(36)56)21-9-22-48(3,4)53(25-20-31-12-16-37(59-5)39(26-31)60-6)29-32-13-17-38(40(27-32)61-7)62-30-33-14-18-41(49)51-28-33/h8,10-14,16-18,26-28,36,50H,9,15,19-25,29-30H2,1-7H3,(H,52,55,56). The van der Waals surface area contributed by atoms with Crippen LogP contribution in [0.4, 0.5) is 5.69 Å². The van der Waals surface area contributed by atoms with Crippen molar-refractivity contribution >= 4 is 40.9 Å². The lowest BCUT2D eigenvalue weighted by Crippen LogP contribution is -2.54. The molecule has 330 valence electrons. The van der Waals surface area contributed by atoms with Crippen molar-refractivity contribution in [1.29, 1.82) is 0 Å². The van der Waals surface area contributed by atoms with E-state index in [4.69, 9.17) is 30.5 Å². The molecule has 0 saturated carbocycles. The molecule has 0 bridgehead atoms. The van der Waals surface area contributed by atoms with E-state index in [9.17, 15) is 19.2 Å². The molecule has 2 N–H and O–H groups in total. The quantitative estimate of drug-likeness (QED) is 0.0616. The van der Waals surface area contributed by atoms with Crippen molar-refractivity contribution < 1.29 is 38.1 Å². The number of ether oxygens (including phenoxy) is 4. The molecule has 1 saturated heterocycles. The second-order valence-electron chi connectivity index (χ2n) is 17.3. The van der Waals surface area contributed by atoms with Crippen molar-refractivity contribution in [2.45, 2.75) is 97.4 Å². The van der Waals surface area contributed by atoms with Crippen LogP contribution in [0.25, 0.3) is 0 Å². The molecule has 0 aliphatic carbocycles. The Morgan fingerprint density at radius 2 is 1.52 bits per heavy atom. The van der Waals surface area contributed by atoms with Gasteiger partial charge in [0.05, 0.1) is 32.5 Å². The highest BCUT2D eigenvalue weighted by Crippen LogP contribution is 2.36. The maximum atomic E-state index is 13.6. The Hall–Kier alpha value is -5.66. The van der Waals surface area contributed by atoms with Gasteiger partial charge in [-0.15, -0.1) is 0 Å². The molecule has 1 aromatic heterocycles. The van der Waals surface area contributed by atoms with E-state index in [2.05, 4.69) is 60.3 Å². The Bertz CT molecular complexity index is 2260. The van der Waals surface area contributed by atoms with Crippen LogP contribution in [0.2, 0.25) is 5.15 Å². The number of benzene rings is 3. The lowest BCUT2D eigenvalue weighted by atomic mass is 9.81. The average Bonchev–Trinajstić information content (AvgIpc) is 3.50. The van der Waals surface area contributed by atoms with Gasteiger partial charge in [0.25, 0.3) is 11.8 Å². The molecular formula is C48H58ClN5O8. The van der Waals surface area contributed by atoms with Crippen molar-refractivity contribution in [2.24, 2.45) is 5.41 Å². The number of halogens is 1. The van der Waals surface area contributed by atoms with Crippen LogP contribution in [0.3, 0.4) is 0 Å².